The van der Waals surface area contributed by atoms with Crippen LogP contribution in [0.1, 0.15) is 5.56 Å². The van der Waals surface area contributed by atoms with Crippen molar-refractivity contribution in [1.82, 2.24) is 14.9 Å². The van der Waals surface area contributed by atoms with Gasteiger partial charge < -0.3 is 14.6 Å². The van der Waals surface area contributed by atoms with Crippen molar-refractivity contribution in [2.45, 2.75) is 12.6 Å². The quantitative estimate of drug-likeness (QED) is 0.864. The summed E-state index contributed by atoms with van der Waals surface area (Å²) in [6.07, 6.45) is 3.05. The highest BCUT2D eigenvalue weighted by atomic mass is 79.9. The van der Waals surface area contributed by atoms with E-state index in [1.165, 1.54) is 0 Å². The lowest BCUT2D eigenvalue weighted by molar-refractivity contribution is -0.128. The number of rotatable bonds is 4. The Morgan fingerprint density at radius 1 is 1.45 bits per heavy atom. The van der Waals surface area contributed by atoms with E-state index in [9.17, 15) is 4.79 Å². The number of halogens is 1. The number of carbonyl (C=O) groups excluding carboxylic acids is 1. The molecule has 1 saturated heterocycles. The number of hydrogen-bond acceptors (Lipinski definition) is 4. The highest BCUT2D eigenvalue weighted by molar-refractivity contribution is 9.10. The summed E-state index contributed by atoms with van der Waals surface area (Å²) in [6, 6.07) is 8.05. The first-order chi connectivity index (χ1) is 10.7. The lowest BCUT2D eigenvalue weighted by Gasteiger charge is -2.22. The molecule has 1 atom stereocenters. The van der Waals surface area contributed by atoms with Gasteiger partial charge in [-0.1, -0.05) is 28.1 Å². The summed E-state index contributed by atoms with van der Waals surface area (Å²) in [7, 11) is 0. The maximum absolute atomic E-state index is 12.2. The van der Waals surface area contributed by atoms with Crippen LogP contribution in [0.25, 0.3) is 0 Å². The number of aromatic nitrogens is 2. The Balaban J connectivity index is 1.66. The molecule has 1 fully saturated rings. The lowest BCUT2D eigenvalue weighted by Crippen LogP contribution is -2.45. The normalized spacial score (nSPS) is 18.1. The Kier molecular flexibility index (Phi) is 4.87. The number of nitrogens with zero attached hydrogens (tertiary/aromatic N) is 2. The molecule has 1 aliphatic heterocycles. The van der Waals surface area contributed by atoms with Crippen molar-refractivity contribution >= 4 is 27.8 Å². The first-order valence-corrected chi connectivity index (χ1v) is 7.90. The van der Waals surface area contributed by atoms with Gasteiger partial charge in [-0.15, -0.1) is 0 Å². The van der Waals surface area contributed by atoms with Gasteiger partial charge in [0.05, 0.1) is 13.2 Å². The summed E-state index contributed by atoms with van der Waals surface area (Å²) < 4.78 is 8.38. The van der Waals surface area contributed by atoms with Gasteiger partial charge in [-0.05, 0) is 17.7 Å². The lowest BCUT2D eigenvalue weighted by atomic mass is 10.2. The van der Waals surface area contributed by atoms with Crippen molar-refractivity contribution in [3.63, 3.8) is 0 Å². The standard InChI is InChI=1S/C15H17BrN4O2/c16-12-3-1-11(2-4-12)10-20-7-5-18-15(20)19-14(21)13-9-17-6-8-22-13/h1-5,7,13,17H,6,8-10H2,(H,18,19,21). The first-order valence-electron chi connectivity index (χ1n) is 7.11. The zero-order valence-electron chi connectivity index (χ0n) is 12.0. The molecular weight excluding hydrogens is 348 g/mol. The zero-order valence-corrected chi connectivity index (χ0v) is 13.5. The van der Waals surface area contributed by atoms with Crippen LogP contribution in [0.2, 0.25) is 0 Å². The van der Waals surface area contributed by atoms with Crippen molar-refractivity contribution in [2.24, 2.45) is 0 Å². The van der Waals surface area contributed by atoms with Gasteiger partial charge in [-0.3, -0.25) is 10.1 Å². The number of carbonyl (C=O) groups is 1. The second-order valence-electron chi connectivity index (χ2n) is 5.06. The molecule has 116 valence electrons. The van der Waals surface area contributed by atoms with Gasteiger partial charge in [0.2, 0.25) is 5.95 Å². The van der Waals surface area contributed by atoms with E-state index in [2.05, 4.69) is 31.5 Å². The van der Waals surface area contributed by atoms with Crippen molar-refractivity contribution < 1.29 is 9.53 Å². The Bertz CT molecular complexity index is 635. The maximum Gasteiger partial charge on any atom is 0.257 e. The molecule has 2 N–H and O–H groups in total. The van der Waals surface area contributed by atoms with Gasteiger partial charge in [0.1, 0.15) is 6.10 Å². The van der Waals surface area contributed by atoms with Crippen molar-refractivity contribution in [2.75, 3.05) is 25.0 Å². The fraction of sp³-hybridized carbons (Fsp3) is 0.333. The predicted octanol–water partition coefficient (Wildman–Crippen LogP) is 1.62. The fourth-order valence-corrected chi connectivity index (χ4v) is 2.54. The number of nitrogens with one attached hydrogen (secondary N) is 2. The molecule has 0 bridgehead atoms. The predicted molar refractivity (Wildman–Crippen MR) is 86.7 cm³/mol. The van der Waals surface area contributed by atoms with Crippen LogP contribution in [0, 0.1) is 0 Å². The van der Waals surface area contributed by atoms with Crippen LogP contribution in [0.5, 0.6) is 0 Å². The molecule has 7 heteroatoms. The van der Waals surface area contributed by atoms with E-state index in [4.69, 9.17) is 4.74 Å². The average molecular weight is 365 g/mol. The number of morpholine rings is 1. The number of anilines is 1. The second kappa shape index (κ2) is 7.04. The summed E-state index contributed by atoms with van der Waals surface area (Å²) in [4.78, 5) is 16.4. The van der Waals surface area contributed by atoms with Gasteiger partial charge in [0.25, 0.3) is 5.91 Å². The van der Waals surface area contributed by atoms with E-state index >= 15 is 0 Å². The van der Waals surface area contributed by atoms with Gasteiger partial charge in [0.15, 0.2) is 0 Å². The van der Waals surface area contributed by atoms with Crippen LogP contribution in [-0.2, 0) is 16.1 Å². The summed E-state index contributed by atoms with van der Waals surface area (Å²) in [5.41, 5.74) is 1.13. The largest absolute Gasteiger partial charge is 0.366 e. The van der Waals surface area contributed by atoms with Crippen LogP contribution >= 0.6 is 15.9 Å². The molecule has 1 aliphatic rings. The third-order valence-corrected chi connectivity index (χ3v) is 3.97. The Hall–Kier alpha value is -1.70. The summed E-state index contributed by atoms with van der Waals surface area (Å²) >= 11 is 3.42. The van der Waals surface area contributed by atoms with Crippen LogP contribution in [0.4, 0.5) is 5.95 Å². The summed E-state index contributed by atoms with van der Waals surface area (Å²) in [5, 5.41) is 5.97. The number of amides is 1. The molecule has 0 radical (unpaired) electrons. The zero-order chi connectivity index (χ0) is 15.4. The van der Waals surface area contributed by atoms with E-state index in [0.717, 1.165) is 16.6 Å². The highest BCUT2D eigenvalue weighted by Crippen LogP contribution is 2.14. The molecule has 2 aromatic rings. The molecular formula is C15H17BrN4O2. The topological polar surface area (TPSA) is 68.2 Å². The monoisotopic (exact) mass is 364 g/mol. The van der Waals surface area contributed by atoms with Crippen LogP contribution in [0.3, 0.4) is 0 Å². The molecule has 1 amide bonds. The molecule has 22 heavy (non-hydrogen) atoms. The number of hydrogen-bond donors (Lipinski definition) is 2. The molecule has 0 aliphatic carbocycles. The van der Waals surface area contributed by atoms with Gasteiger partial charge in [0, 0.05) is 30.0 Å². The average Bonchev–Trinajstić information content (AvgIpc) is 2.97. The molecule has 1 unspecified atom stereocenters. The van der Waals surface area contributed by atoms with Crippen molar-refractivity contribution in [3.8, 4) is 0 Å². The Labute approximate surface area is 137 Å². The van der Waals surface area contributed by atoms with E-state index in [1.807, 2.05) is 35.0 Å². The molecule has 2 heterocycles. The van der Waals surface area contributed by atoms with Crippen LogP contribution in [-0.4, -0.2) is 41.3 Å². The van der Waals surface area contributed by atoms with Gasteiger partial charge >= 0.3 is 0 Å². The van der Waals surface area contributed by atoms with E-state index in [0.29, 0.717) is 25.6 Å². The first kappa shape index (κ1) is 15.2. The third kappa shape index (κ3) is 3.73. The van der Waals surface area contributed by atoms with E-state index in [1.54, 1.807) is 6.20 Å². The number of ether oxygens (including phenoxy) is 1. The second-order valence-corrected chi connectivity index (χ2v) is 5.97. The minimum Gasteiger partial charge on any atom is -0.366 e. The fourth-order valence-electron chi connectivity index (χ4n) is 2.27. The molecule has 6 nitrogen and oxygen atoms in total. The molecule has 3 rings (SSSR count). The van der Waals surface area contributed by atoms with Gasteiger partial charge in [-0.25, -0.2) is 4.98 Å². The van der Waals surface area contributed by atoms with Crippen molar-refractivity contribution in [1.29, 1.82) is 0 Å². The van der Waals surface area contributed by atoms with E-state index < -0.39 is 6.10 Å². The molecule has 0 saturated carbocycles. The molecule has 1 aromatic carbocycles. The van der Waals surface area contributed by atoms with Crippen LogP contribution in [0.15, 0.2) is 41.1 Å². The third-order valence-electron chi connectivity index (χ3n) is 3.44. The van der Waals surface area contributed by atoms with E-state index in [-0.39, 0.29) is 5.91 Å². The number of imidazole rings is 1. The summed E-state index contributed by atoms with van der Waals surface area (Å²) in [6.45, 7) is 2.50. The smallest absolute Gasteiger partial charge is 0.257 e. The van der Waals surface area contributed by atoms with Crippen molar-refractivity contribution in [3.05, 3.63) is 46.7 Å². The Morgan fingerprint density at radius 2 is 2.27 bits per heavy atom. The minimum absolute atomic E-state index is 0.171. The Morgan fingerprint density at radius 3 is 3.00 bits per heavy atom. The number of benzene rings is 1. The minimum atomic E-state index is -0.466. The highest BCUT2D eigenvalue weighted by Gasteiger charge is 2.22. The maximum atomic E-state index is 12.2. The molecule has 1 aromatic heterocycles. The molecule has 0 spiro atoms. The van der Waals surface area contributed by atoms with Gasteiger partial charge in [-0.2, -0.15) is 0 Å². The SMILES string of the molecule is O=C(Nc1nccn1Cc1ccc(Br)cc1)C1CNCCO1. The van der Waals surface area contributed by atoms with Crippen LogP contribution < -0.4 is 10.6 Å². The summed E-state index contributed by atoms with van der Waals surface area (Å²) in [5.74, 6) is 0.359.